The van der Waals surface area contributed by atoms with Crippen LogP contribution < -0.4 is 4.74 Å². The number of carbonyl (C=O) groups is 1. The first-order valence-corrected chi connectivity index (χ1v) is 5.26. The van der Waals surface area contributed by atoms with Crippen molar-refractivity contribution < 1.29 is 13.9 Å². The largest absolute Gasteiger partial charge is 0.491 e. The highest BCUT2D eigenvalue weighted by Crippen LogP contribution is 2.28. The lowest BCUT2D eigenvalue weighted by Gasteiger charge is -2.12. The maximum atomic E-state index is 13.2. The van der Waals surface area contributed by atoms with E-state index in [4.69, 9.17) is 4.74 Å². The molecule has 2 rings (SSSR count). The number of rotatable bonds is 0. The van der Waals surface area contributed by atoms with Crippen LogP contribution in [0.25, 0.3) is 0 Å². The molecule has 80 valence electrons. The minimum Gasteiger partial charge on any atom is -0.491 e. The SMILES string of the molecule is CN1CCOc2cc(F)c(Br)cc2C1=O. The van der Waals surface area contributed by atoms with Gasteiger partial charge in [0.15, 0.2) is 0 Å². The highest BCUT2D eigenvalue weighted by Gasteiger charge is 2.22. The lowest BCUT2D eigenvalue weighted by molar-refractivity contribution is 0.0796. The van der Waals surface area contributed by atoms with E-state index >= 15 is 0 Å². The number of hydrogen-bond acceptors (Lipinski definition) is 2. The van der Waals surface area contributed by atoms with Crippen LogP contribution in [0.15, 0.2) is 16.6 Å². The normalized spacial score (nSPS) is 15.7. The van der Waals surface area contributed by atoms with Gasteiger partial charge in [-0.15, -0.1) is 0 Å². The maximum Gasteiger partial charge on any atom is 0.257 e. The van der Waals surface area contributed by atoms with Gasteiger partial charge in [-0.2, -0.15) is 0 Å². The van der Waals surface area contributed by atoms with Crippen molar-refractivity contribution in [3.05, 3.63) is 28.0 Å². The van der Waals surface area contributed by atoms with Crippen molar-refractivity contribution in [2.24, 2.45) is 0 Å². The Morgan fingerprint density at radius 3 is 3.00 bits per heavy atom. The van der Waals surface area contributed by atoms with Gasteiger partial charge in [0.25, 0.3) is 5.91 Å². The van der Waals surface area contributed by atoms with Crippen molar-refractivity contribution in [2.45, 2.75) is 0 Å². The molecule has 0 saturated heterocycles. The number of hydrogen-bond donors (Lipinski definition) is 0. The first kappa shape index (κ1) is 10.4. The number of carbonyl (C=O) groups excluding carboxylic acids is 1. The van der Waals surface area contributed by atoms with Gasteiger partial charge in [0.05, 0.1) is 16.6 Å². The van der Waals surface area contributed by atoms with E-state index in [9.17, 15) is 9.18 Å². The van der Waals surface area contributed by atoms with Gasteiger partial charge in [-0.25, -0.2) is 4.39 Å². The summed E-state index contributed by atoms with van der Waals surface area (Å²) >= 11 is 3.05. The molecule has 1 aliphatic heterocycles. The van der Waals surface area contributed by atoms with Gasteiger partial charge in [0.1, 0.15) is 18.2 Å². The zero-order valence-corrected chi connectivity index (χ0v) is 9.67. The van der Waals surface area contributed by atoms with Crippen molar-refractivity contribution in [3.8, 4) is 5.75 Å². The second-order valence-electron chi connectivity index (χ2n) is 3.34. The molecule has 0 aromatic heterocycles. The Kier molecular flexibility index (Phi) is 2.65. The molecule has 15 heavy (non-hydrogen) atoms. The van der Waals surface area contributed by atoms with Crippen LogP contribution in [0.3, 0.4) is 0 Å². The second kappa shape index (κ2) is 3.81. The van der Waals surface area contributed by atoms with Crippen molar-refractivity contribution in [3.63, 3.8) is 0 Å². The second-order valence-corrected chi connectivity index (χ2v) is 4.19. The Bertz CT molecular complexity index is 422. The van der Waals surface area contributed by atoms with Gasteiger partial charge in [-0.1, -0.05) is 0 Å². The molecule has 0 atom stereocenters. The van der Waals surface area contributed by atoms with Crippen LogP contribution in [0.1, 0.15) is 10.4 Å². The average molecular weight is 274 g/mol. The number of fused-ring (bicyclic) bond motifs is 1. The molecule has 0 radical (unpaired) electrons. The van der Waals surface area contributed by atoms with Crippen molar-refractivity contribution in [1.82, 2.24) is 4.90 Å². The van der Waals surface area contributed by atoms with E-state index in [0.29, 0.717) is 24.5 Å². The molecule has 1 aromatic carbocycles. The molecule has 1 heterocycles. The molecule has 0 bridgehead atoms. The summed E-state index contributed by atoms with van der Waals surface area (Å²) in [5.74, 6) is -0.264. The molecule has 1 aromatic rings. The summed E-state index contributed by atoms with van der Waals surface area (Å²) in [6.45, 7) is 0.892. The number of likely N-dealkylation sites (N-methyl/N-ethyl adjacent to an activating group) is 1. The predicted octanol–water partition coefficient (Wildman–Crippen LogP) is 2.05. The molecule has 0 N–H and O–H groups in total. The van der Waals surface area contributed by atoms with Gasteiger partial charge >= 0.3 is 0 Å². The molecule has 0 saturated carbocycles. The summed E-state index contributed by atoms with van der Waals surface area (Å²) < 4.78 is 18.8. The van der Waals surface area contributed by atoms with Crippen LogP contribution >= 0.6 is 15.9 Å². The molecule has 0 unspecified atom stereocenters. The summed E-state index contributed by atoms with van der Waals surface area (Å²) in [6.07, 6.45) is 0. The Morgan fingerprint density at radius 1 is 1.53 bits per heavy atom. The minimum atomic E-state index is -0.425. The summed E-state index contributed by atoms with van der Waals surface area (Å²) in [6, 6.07) is 2.69. The van der Waals surface area contributed by atoms with E-state index in [0.717, 1.165) is 0 Å². The molecule has 0 aliphatic carbocycles. The predicted molar refractivity (Wildman–Crippen MR) is 56.6 cm³/mol. The smallest absolute Gasteiger partial charge is 0.257 e. The lowest BCUT2D eigenvalue weighted by atomic mass is 10.2. The quantitative estimate of drug-likeness (QED) is 0.724. The van der Waals surface area contributed by atoms with Gasteiger partial charge in [0.2, 0.25) is 0 Å². The standard InChI is InChI=1S/C10H9BrFNO2/c1-13-2-3-15-9-5-8(12)7(11)4-6(9)10(13)14/h4-5H,2-3H2,1H3. The summed E-state index contributed by atoms with van der Waals surface area (Å²) in [4.78, 5) is 13.4. The van der Waals surface area contributed by atoms with E-state index in [1.165, 1.54) is 12.1 Å². The fourth-order valence-electron chi connectivity index (χ4n) is 1.41. The summed E-state index contributed by atoms with van der Waals surface area (Å²) in [7, 11) is 1.69. The van der Waals surface area contributed by atoms with Crippen LogP contribution in [-0.4, -0.2) is 31.0 Å². The number of amides is 1. The molecule has 1 amide bonds. The zero-order valence-electron chi connectivity index (χ0n) is 8.09. The van der Waals surface area contributed by atoms with E-state index in [1.54, 1.807) is 11.9 Å². The summed E-state index contributed by atoms with van der Waals surface area (Å²) in [5.41, 5.74) is 0.392. The van der Waals surface area contributed by atoms with Gasteiger partial charge in [-0.3, -0.25) is 4.79 Å². The molecular weight excluding hydrogens is 265 g/mol. The number of halogens is 2. The number of ether oxygens (including phenoxy) is 1. The molecule has 1 aliphatic rings. The van der Waals surface area contributed by atoms with E-state index in [-0.39, 0.29) is 10.4 Å². The third-order valence-corrected chi connectivity index (χ3v) is 2.89. The van der Waals surface area contributed by atoms with Crippen molar-refractivity contribution in [2.75, 3.05) is 20.2 Å². The monoisotopic (exact) mass is 273 g/mol. The van der Waals surface area contributed by atoms with Crippen LogP contribution in [0.5, 0.6) is 5.75 Å². The maximum absolute atomic E-state index is 13.2. The Balaban J connectivity index is 2.54. The minimum absolute atomic E-state index is 0.150. The van der Waals surface area contributed by atoms with Gasteiger partial charge in [-0.05, 0) is 22.0 Å². The topological polar surface area (TPSA) is 29.5 Å². The highest BCUT2D eigenvalue weighted by atomic mass is 79.9. The molecule has 0 spiro atoms. The van der Waals surface area contributed by atoms with Crippen molar-refractivity contribution in [1.29, 1.82) is 0 Å². The third kappa shape index (κ3) is 1.84. The van der Waals surface area contributed by atoms with Crippen molar-refractivity contribution >= 4 is 21.8 Å². The van der Waals surface area contributed by atoms with Gasteiger partial charge < -0.3 is 9.64 Å². The van der Waals surface area contributed by atoms with E-state index in [1.807, 2.05) is 0 Å². The van der Waals surface area contributed by atoms with E-state index in [2.05, 4.69) is 15.9 Å². The summed E-state index contributed by atoms with van der Waals surface area (Å²) in [5, 5.41) is 0. The fourth-order valence-corrected chi connectivity index (χ4v) is 1.76. The van der Waals surface area contributed by atoms with Crippen LogP contribution in [0.4, 0.5) is 4.39 Å². The molecule has 3 nitrogen and oxygen atoms in total. The average Bonchev–Trinajstić information content (AvgIpc) is 2.32. The van der Waals surface area contributed by atoms with Gasteiger partial charge in [0, 0.05) is 13.1 Å². The van der Waals surface area contributed by atoms with Crippen LogP contribution in [-0.2, 0) is 0 Å². The third-order valence-electron chi connectivity index (χ3n) is 2.28. The van der Waals surface area contributed by atoms with Crippen LogP contribution in [0.2, 0.25) is 0 Å². The fraction of sp³-hybridized carbons (Fsp3) is 0.300. The molecule has 5 heteroatoms. The Morgan fingerprint density at radius 2 is 2.27 bits per heavy atom. The van der Waals surface area contributed by atoms with E-state index < -0.39 is 5.82 Å². The highest BCUT2D eigenvalue weighted by molar-refractivity contribution is 9.10. The van der Waals surface area contributed by atoms with Crippen LogP contribution in [0, 0.1) is 5.82 Å². The first-order valence-electron chi connectivity index (χ1n) is 4.47. The zero-order chi connectivity index (χ0) is 11.0. The Hall–Kier alpha value is -1.10. The Labute approximate surface area is 95.0 Å². The first-order chi connectivity index (χ1) is 7.09. The molecule has 0 fully saturated rings. The molecular formula is C10H9BrFNO2. The number of benzene rings is 1. The lowest BCUT2D eigenvalue weighted by Crippen LogP contribution is -2.27. The number of nitrogens with zero attached hydrogens (tertiary/aromatic N) is 1.